The van der Waals surface area contributed by atoms with Crippen molar-refractivity contribution >= 4 is 17.9 Å². The van der Waals surface area contributed by atoms with Gasteiger partial charge in [0, 0.05) is 19.3 Å². The fourth-order valence-corrected chi connectivity index (χ4v) is 9.23. The van der Waals surface area contributed by atoms with Crippen LogP contribution in [0.4, 0.5) is 0 Å². The zero-order chi connectivity index (χ0) is 48.2. The molecule has 0 amide bonds. The Hall–Kier alpha value is -1.59. The van der Waals surface area contributed by atoms with Crippen LogP contribution < -0.4 is 0 Å². The summed E-state index contributed by atoms with van der Waals surface area (Å²) in [5.41, 5.74) is 0. The van der Waals surface area contributed by atoms with E-state index in [1.807, 2.05) is 0 Å². The molecule has 392 valence electrons. The molecule has 6 heteroatoms. The van der Waals surface area contributed by atoms with Crippen LogP contribution >= 0.6 is 0 Å². The average Bonchev–Trinajstić information content (AvgIpc) is 3.29. The second-order valence-corrected chi connectivity index (χ2v) is 21.6. The van der Waals surface area contributed by atoms with Gasteiger partial charge in [-0.3, -0.25) is 14.4 Å². The minimum Gasteiger partial charge on any atom is -0.462 e. The summed E-state index contributed by atoms with van der Waals surface area (Å²) in [4.78, 5) is 38.2. The first-order valence-electron chi connectivity index (χ1n) is 29.7. The molecule has 0 saturated heterocycles. The van der Waals surface area contributed by atoms with Gasteiger partial charge in [-0.1, -0.05) is 298 Å². The molecule has 0 aromatic heterocycles. The van der Waals surface area contributed by atoms with Gasteiger partial charge in [0.25, 0.3) is 0 Å². The molecule has 0 rings (SSSR count). The Balaban J connectivity index is 4.27. The van der Waals surface area contributed by atoms with E-state index in [1.54, 1.807) is 0 Å². The highest BCUT2D eigenvalue weighted by molar-refractivity contribution is 5.71. The fourth-order valence-electron chi connectivity index (χ4n) is 9.23. The van der Waals surface area contributed by atoms with Crippen molar-refractivity contribution in [2.24, 2.45) is 11.8 Å². The molecule has 0 unspecified atom stereocenters. The summed E-state index contributed by atoms with van der Waals surface area (Å²) in [5.74, 6) is 0.858. The monoisotopic (exact) mass is 933 g/mol. The van der Waals surface area contributed by atoms with Crippen molar-refractivity contribution in [2.75, 3.05) is 13.2 Å². The lowest BCUT2D eigenvalue weighted by atomic mass is 10.0. The van der Waals surface area contributed by atoms with Crippen molar-refractivity contribution in [2.45, 2.75) is 343 Å². The highest BCUT2D eigenvalue weighted by atomic mass is 16.6. The molecule has 0 bridgehead atoms. The molecule has 1 atom stereocenters. The van der Waals surface area contributed by atoms with Gasteiger partial charge in [0.15, 0.2) is 6.10 Å². The summed E-state index contributed by atoms with van der Waals surface area (Å²) in [6, 6.07) is 0. The van der Waals surface area contributed by atoms with Crippen LogP contribution in [0.15, 0.2) is 0 Å². The molecule has 0 aromatic rings. The quantitative estimate of drug-likeness (QED) is 0.0343. The summed E-state index contributed by atoms with van der Waals surface area (Å²) in [6.45, 7) is 11.4. The van der Waals surface area contributed by atoms with Crippen LogP contribution in [0.25, 0.3) is 0 Å². The molecule has 66 heavy (non-hydrogen) atoms. The summed E-state index contributed by atoms with van der Waals surface area (Å²) in [6.07, 6.45) is 56.6. The lowest BCUT2D eigenvalue weighted by Gasteiger charge is -2.18. The Morgan fingerprint density at radius 3 is 0.742 bits per heavy atom. The van der Waals surface area contributed by atoms with Gasteiger partial charge in [-0.05, 0) is 31.1 Å². The molecule has 0 N–H and O–H groups in total. The number of carbonyl (C=O) groups excluding carboxylic acids is 3. The maximum absolute atomic E-state index is 12.8. The van der Waals surface area contributed by atoms with Gasteiger partial charge in [-0.25, -0.2) is 0 Å². The lowest BCUT2D eigenvalue weighted by Crippen LogP contribution is -2.30. The molecule has 0 radical (unpaired) electrons. The van der Waals surface area contributed by atoms with Gasteiger partial charge in [0.05, 0.1) is 0 Å². The van der Waals surface area contributed by atoms with Gasteiger partial charge < -0.3 is 14.2 Å². The van der Waals surface area contributed by atoms with E-state index in [4.69, 9.17) is 14.2 Å². The SMILES string of the molecule is CCCCCCCCCCCCCCCC(=O)O[C@H](COC(=O)CCCCCCCCCCCCCCCCCC(C)C)COC(=O)CCCCCCCCCCCCCCCCC(C)C. The summed E-state index contributed by atoms with van der Waals surface area (Å²) < 4.78 is 16.9. The van der Waals surface area contributed by atoms with Crippen LogP contribution in [-0.4, -0.2) is 37.2 Å². The summed E-state index contributed by atoms with van der Waals surface area (Å²) in [7, 11) is 0. The van der Waals surface area contributed by atoms with E-state index in [2.05, 4.69) is 34.6 Å². The molecule has 0 saturated carbocycles. The Morgan fingerprint density at radius 1 is 0.288 bits per heavy atom. The first kappa shape index (κ1) is 64.4. The average molecular weight is 934 g/mol. The molecule has 0 fully saturated rings. The highest BCUT2D eigenvalue weighted by Gasteiger charge is 2.19. The second-order valence-electron chi connectivity index (χ2n) is 21.6. The minimum absolute atomic E-state index is 0.0623. The van der Waals surface area contributed by atoms with E-state index in [9.17, 15) is 14.4 Å². The zero-order valence-corrected chi connectivity index (χ0v) is 45.3. The van der Waals surface area contributed by atoms with Crippen molar-refractivity contribution in [3.63, 3.8) is 0 Å². The van der Waals surface area contributed by atoms with Crippen molar-refractivity contribution < 1.29 is 28.6 Å². The summed E-state index contributed by atoms with van der Waals surface area (Å²) >= 11 is 0. The Bertz CT molecular complexity index is 1010. The first-order valence-corrected chi connectivity index (χ1v) is 29.7. The Morgan fingerprint density at radius 2 is 0.500 bits per heavy atom. The number of hydrogen-bond acceptors (Lipinski definition) is 6. The van der Waals surface area contributed by atoms with Crippen LogP contribution in [0.3, 0.4) is 0 Å². The largest absolute Gasteiger partial charge is 0.462 e. The number of rotatable bonds is 54. The van der Waals surface area contributed by atoms with Gasteiger partial charge in [0.1, 0.15) is 13.2 Å². The number of esters is 3. The molecule has 0 spiro atoms. The number of ether oxygens (including phenoxy) is 3. The zero-order valence-electron chi connectivity index (χ0n) is 45.3. The van der Waals surface area contributed by atoms with Crippen LogP contribution in [0.1, 0.15) is 336 Å². The van der Waals surface area contributed by atoms with Crippen LogP contribution in [0, 0.1) is 11.8 Å². The van der Waals surface area contributed by atoms with Crippen molar-refractivity contribution in [1.29, 1.82) is 0 Å². The number of unbranched alkanes of at least 4 members (excludes halogenated alkanes) is 39. The van der Waals surface area contributed by atoms with Gasteiger partial charge in [0.2, 0.25) is 0 Å². The van der Waals surface area contributed by atoms with Crippen molar-refractivity contribution in [3.8, 4) is 0 Å². The van der Waals surface area contributed by atoms with Gasteiger partial charge in [-0.2, -0.15) is 0 Å². The third-order valence-electron chi connectivity index (χ3n) is 13.7. The van der Waals surface area contributed by atoms with Gasteiger partial charge in [-0.15, -0.1) is 0 Å². The molecule has 0 aromatic carbocycles. The minimum atomic E-state index is -0.762. The molecular weight excluding hydrogens is 817 g/mol. The van der Waals surface area contributed by atoms with E-state index < -0.39 is 6.10 Å². The normalized spacial score (nSPS) is 12.0. The molecule has 6 nitrogen and oxygen atoms in total. The van der Waals surface area contributed by atoms with Crippen LogP contribution in [-0.2, 0) is 28.6 Å². The second kappa shape index (κ2) is 52.8. The predicted molar refractivity (Wildman–Crippen MR) is 284 cm³/mol. The lowest BCUT2D eigenvalue weighted by molar-refractivity contribution is -0.167. The van der Waals surface area contributed by atoms with E-state index in [0.29, 0.717) is 19.3 Å². The topological polar surface area (TPSA) is 78.9 Å². The smallest absolute Gasteiger partial charge is 0.306 e. The third-order valence-corrected chi connectivity index (χ3v) is 13.7. The van der Waals surface area contributed by atoms with Crippen molar-refractivity contribution in [1.82, 2.24) is 0 Å². The third kappa shape index (κ3) is 53.4. The molecular formula is C60H116O6. The number of hydrogen-bond donors (Lipinski definition) is 0. The molecule has 0 aliphatic rings. The first-order chi connectivity index (χ1) is 32.2. The molecule has 0 aliphatic heterocycles. The predicted octanol–water partition coefficient (Wildman–Crippen LogP) is 19.7. The van der Waals surface area contributed by atoms with Crippen molar-refractivity contribution in [3.05, 3.63) is 0 Å². The fraction of sp³-hybridized carbons (Fsp3) is 0.950. The maximum atomic E-state index is 12.8. The number of carbonyl (C=O) groups is 3. The Kier molecular flexibility index (Phi) is 51.5. The Labute approximate surface area is 412 Å². The van der Waals surface area contributed by atoms with Gasteiger partial charge >= 0.3 is 17.9 Å². The van der Waals surface area contributed by atoms with Crippen LogP contribution in [0.2, 0.25) is 0 Å². The van der Waals surface area contributed by atoms with E-state index in [-0.39, 0.29) is 31.1 Å². The summed E-state index contributed by atoms with van der Waals surface area (Å²) in [5, 5.41) is 0. The maximum Gasteiger partial charge on any atom is 0.306 e. The molecule has 0 heterocycles. The van der Waals surface area contributed by atoms with E-state index in [0.717, 1.165) is 69.6 Å². The van der Waals surface area contributed by atoms with E-state index >= 15 is 0 Å². The van der Waals surface area contributed by atoms with Crippen LogP contribution in [0.5, 0.6) is 0 Å². The standard InChI is InChI=1S/C60H116O6/c1-6-7-8-9-10-11-12-18-27-32-37-42-47-52-60(63)66-57(54-65-59(62)51-46-41-36-31-26-22-17-16-20-24-29-34-39-44-49-56(4)5)53-64-58(61)50-45-40-35-30-25-21-15-13-14-19-23-28-33-38-43-48-55(2)3/h55-57H,6-54H2,1-5H3/t57-/m1/s1. The van der Waals surface area contributed by atoms with E-state index in [1.165, 1.54) is 225 Å². The molecule has 0 aliphatic carbocycles. The highest BCUT2D eigenvalue weighted by Crippen LogP contribution is 2.18.